The first-order chi connectivity index (χ1) is 33.6. The molecule has 1 unspecified atom stereocenters. The summed E-state index contributed by atoms with van der Waals surface area (Å²) < 4.78 is 11.8. The summed E-state index contributed by atoms with van der Waals surface area (Å²) in [6, 6.07) is 76.1. The maximum Gasteiger partial charge on any atom is 0.160 e. The second-order valence-corrected chi connectivity index (χ2v) is 18.1. The van der Waals surface area contributed by atoms with Crippen LogP contribution in [0.5, 0.6) is 0 Å². The first kappa shape index (κ1) is 38.5. The molecule has 14 rings (SSSR count). The van der Waals surface area contributed by atoms with Crippen LogP contribution in [-0.4, -0.2) is 20.7 Å². The van der Waals surface area contributed by atoms with E-state index in [0.717, 1.165) is 89.9 Å². The van der Waals surface area contributed by atoms with Gasteiger partial charge in [-0.2, -0.15) is 0 Å². The van der Waals surface area contributed by atoms with Gasteiger partial charge in [-0.15, -0.1) is 0 Å². The van der Waals surface area contributed by atoms with Gasteiger partial charge in [0.2, 0.25) is 0 Å². The van der Waals surface area contributed by atoms with Crippen molar-refractivity contribution in [2.24, 2.45) is 15.9 Å². The molecule has 0 amide bonds. The Balaban J connectivity index is 1.06. The first-order valence-electron chi connectivity index (χ1n) is 23.5. The Bertz CT molecular complexity index is 4310. The number of aliphatic imine (C=N–C) groups is 2. The molecule has 0 N–H and O–H groups in total. The molecule has 10 aromatic carbocycles. The fraction of sp³-hybridized carbons (Fsp3) is 0.0476. The van der Waals surface area contributed by atoms with E-state index in [0.29, 0.717) is 5.84 Å². The Morgan fingerprint density at radius 3 is 1.94 bits per heavy atom. The number of allylic oxidation sites excluding steroid dienone is 1. The number of para-hydroxylation sites is 4. The summed E-state index contributed by atoms with van der Waals surface area (Å²) in [5.74, 6) is 0.718. The number of hydrogen-bond acceptors (Lipinski definition) is 3. The predicted octanol–water partition coefficient (Wildman–Crippen LogP) is 16.4. The molecule has 1 atom stereocenters. The largest absolute Gasteiger partial charge is 0.454 e. The van der Waals surface area contributed by atoms with E-state index in [4.69, 9.17) is 14.4 Å². The zero-order valence-electron chi connectivity index (χ0n) is 37.3. The summed E-state index contributed by atoms with van der Waals surface area (Å²) in [5, 5.41) is 11.5. The average Bonchev–Trinajstić information content (AvgIpc) is 4.05. The van der Waals surface area contributed by atoms with Crippen molar-refractivity contribution >= 4 is 104 Å². The van der Waals surface area contributed by atoms with Crippen molar-refractivity contribution in [3.8, 4) is 11.4 Å². The minimum Gasteiger partial charge on any atom is -0.454 e. The number of fused-ring (bicyclic) bond motifs is 11. The van der Waals surface area contributed by atoms with Gasteiger partial charge in [0.15, 0.2) is 11.4 Å². The van der Waals surface area contributed by atoms with Crippen LogP contribution in [0.3, 0.4) is 0 Å². The van der Waals surface area contributed by atoms with Gasteiger partial charge in [0, 0.05) is 55.0 Å². The molecule has 0 fully saturated rings. The average molecular weight is 871 g/mol. The maximum absolute atomic E-state index is 7.08. The lowest BCUT2D eigenvalue weighted by Crippen LogP contribution is -2.17. The number of rotatable bonds is 5. The van der Waals surface area contributed by atoms with E-state index in [1.165, 1.54) is 43.1 Å². The third kappa shape index (κ3) is 5.89. The third-order valence-corrected chi connectivity index (χ3v) is 14.1. The molecule has 4 heterocycles. The molecule has 0 saturated heterocycles. The van der Waals surface area contributed by atoms with Crippen LogP contribution in [-0.2, 0) is 0 Å². The molecule has 5 heteroatoms. The zero-order chi connectivity index (χ0) is 44.9. The van der Waals surface area contributed by atoms with Gasteiger partial charge in [0.05, 0.1) is 39.2 Å². The molecule has 0 aliphatic carbocycles. The minimum atomic E-state index is 0.0739. The number of nitrogens with zero attached hydrogens (tertiary/aromatic N) is 4. The van der Waals surface area contributed by atoms with Crippen molar-refractivity contribution in [3.63, 3.8) is 0 Å². The molecule has 320 valence electrons. The van der Waals surface area contributed by atoms with E-state index in [9.17, 15) is 0 Å². The Morgan fingerprint density at radius 1 is 0.456 bits per heavy atom. The van der Waals surface area contributed by atoms with Gasteiger partial charge in [0.1, 0.15) is 5.58 Å². The minimum absolute atomic E-state index is 0.0739. The van der Waals surface area contributed by atoms with Gasteiger partial charge in [-0.25, -0.2) is 9.98 Å². The molecule has 5 nitrogen and oxygen atoms in total. The van der Waals surface area contributed by atoms with E-state index in [-0.39, 0.29) is 5.92 Å². The van der Waals surface area contributed by atoms with Crippen LogP contribution in [0, 0.1) is 5.92 Å². The first-order valence-corrected chi connectivity index (χ1v) is 23.5. The number of hydrogen-bond donors (Lipinski definition) is 0. The number of furan rings is 1. The Morgan fingerprint density at radius 2 is 1.12 bits per heavy atom. The second-order valence-electron chi connectivity index (χ2n) is 18.1. The highest BCUT2D eigenvalue weighted by atomic mass is 16.3. The summed E-state index contributed by atoms with van der Waals surface area (Å²) in [6.07, 6.45) is 3.10. The molecular formula is C63H42N4O. The Hall–Kier alpha value is -8.80. The van der Waals surface area contributed by atoms with Gasteiger partial charge in [-0.05, 0) is 100 Å². The number of benzene rings is 10. The van der Waals surface area contributed by atoms with Gasteiger partial charge in [-0.3, -0.25) is 0 Å². The van der Waals surface area contributed by atoms with Crippen LogP contribution in [0.25, 0.3) is 104 Å². The zero-order valence-corrected chi connectivity index (χ0v) is 37.3. The Kier molecular flexibility index (Phi) is 8.56. The molecule has 13 aromatic rings. The van der Waals surface area contributed by atoms with E-state index in [1.54, 1.807) is 0 Å². The summed E-state index contributed by atoms with van der Waals surface area (Å²) in [4.78, 5) is 11.6. The van der Waals surface area contributed by atoms with E-state index in [2.05, 4.69) is 234 Å². The normalized spacial score (nSPS) is 15.4. The quantitative estimate of drug-likeness (QED) is 0.170. The lowest BCUT2D eigenvalue weighted by molar-refractivity contribution is 0.666. The van der Waals surface area contributed by atoms with E-state index >= 15 is 0 Å². The molecule has 68 heavy (non-hydrogen) atoms. The van der Waals surface area contributed by atoms with E-state index < -0.39 is 0 Å². The molecule has 1 aliphatic rings. The highest BCUT2D eigenvalue weighted by molar-refractivity contribution is 6.25. The molecule has 3 aromatic heterocycles. The Labute approximate surface area is 391 Å². The standard InChI is InChI=1S/C63H42N4O/c1-39-30-34-52(47-25-15-28-55-59(47)48-23-10-13-27-54(48)66(55)45-20-3-2-4-21-45)64-63(65-61(39)44-32-31-40-16-5-6-17-41(40)36-44)50-33-35-56(62-60(50)49-24-11-14-29-58(49)68-62)67-53-26-12-9-22-46(53)51-37-42-18-7-8-19-43(42)38-57(51)67/h2-29,31-39H,30H2,1H3/b52-34+,64-63?,65-61?. The molecule has 0 radical (unpaired) electrons. The third-order valence-electron chi connectivity index (χ3n) is 14.1. The van der Waals surface area contributed by atoms with Gasteiger partial charge >= 0.3 is 0 Å². The van der Waals surface area contributed by atoms with E-state index in [1.807, 2.05) is 0 Å². The van der Waals surface area contributed by atoms with Crippen LogP contribution >= 0.6 is 0 Å². The van der Waals surface area contributed by atoms with Crippen LogP contribution in [0.4, 0.5) is 0 Å². The highest BCUT2D eigenvalue weighted by Crippen LogP contribution is 2.43. The summed E-state index contributed by atoms with van der Waals surface area (Å²) in [6.45, 7) is 2.30. The molecular weight excluding hydrogens is 829 g/mol. The SMILES string of the molecule is CC1C/C=C(\c2cccc3c2c2ccccc2n3-c2ccccc2)N=C(c2ccc(-n3c4ccccc4c4cc5ccccc5cc43)c3oc4ccccc4c23)N=C1c1ccc2ccccc2c1. The van der Waals surface area contributed by atoms with Crippen LogP contribution < -0.4 is 0 Å². The number of aromatic nitrogens is 2. The maximum atomic E-state index is 7.08. The molecule has 0 saturated carbocycles. The van der Waals surface area contributed by atoms with Crippen LogP contribution in [0.2, 0.25) is 0 Å². The fourth-order valence-electron chi connectivity index (χ4n) is 11.0. The monoisotopic (exact) mass is 870 g/mol. The lowest BCUT2D eigenvalue weighted by atomic mass is 9.91. The highest BCUT2D eigenvalue weighted by Gasteiger charge is 2.26. The summed E-state index contributed by atoms with van der Waals surface area (Å²) >= 11 is 0. The topological polar surface area (TPSA) is 47.7 Å². The smallest absolute Gasteiger partial charge is 0.160 e. The summed E-state index contributed by atoms with van der Waals surface area (Å²) in [5.41, 5.74) is 13.2. The van der Waals surface area contributed by atoms with Crippen molar-refractivity contribution in [1.82, 2.24) is 9.13 Å². The fourth-order valence-corrected chi connectivity index (χ4v) is 11.0. The van der Waals surface area contributed by atoms with Gasteiger partial charge in [0.25, 0.3) is 0 Å². The van der Waals surface area contributed by atoms with Gasteiger partial charge in [-0.1, -0.05) is 159 Å². The lowest BCUT2D eigenvalue weighted by Gasteiger charge is -2.20. The number of amidine groups is 1. The summed E-state index contributed by atoms with van der Waals surface area (Å²) in [7, 11) is 0. The van der Waals surface area contributed by atoms with Gasteiger partial charge < -0.3 is 13.6 Å². The second kappa shape index (κ2) is 15.1. The van der Waals surface area contributed by atoms with Crippen molar-refractivity contribution in [2.75, 3.05) is 0 Å². The van der Waals surface area contributed by atoms with Crippen molar-refractivity contribution in [1.29, 1.82) is 0 Å². The van der Waals surface area contributed by atoms with Crippen LogP contribution in [0.15, 0.2) is 233 Å². The molecule has 1 aliphatic heterocycles. The predicted molar refractivity (Wildman–Crippen MR) is 285 cm³/mol. The van der Waals surface area contributed by atoms with Crippen molar-refractivity contribution < 1.29 is 4.42 Å². The molecule has 0 spiro atoms. The molecule has 0 bridgehead atoms. The van der Waals surface area contributed by atoms with Crippen LogP contribution in [0.1, 0.15) is 30.0 Å². The van der Waals surface area contributed by atoms with Crippen molar-refractivity contribution in [3.05, 3.63) is 235 Å². The van der Waals surface area contributed by atoms with Crippen molar-refractivity contribution in [2.45, 2.75) is 13.3 Å².